The molecule has 2 aliphatic heterocycles. The van der Waals surface area contributed by atoms with Gasteiger partial charge in [0.2, 0.25) is 11.8 Å². The van der Waals surface area contributed by atoms with Crippen LogP contribution in [0.1, 0.15) is 23.5 Å². The molecule has 0 spiro atoms. The second kappa shape index (κ2) is 7.40. The maximum atomic E-state index is 12.6. The summed E-state index contributed by atoms with van der Waals surface area (Å²) >= 11 is 1.56. The number of hydrogen-bond donors (Lipinski definition) is 0. The molecule has 0 aromatic carbocycles. The number of rotatable bonds is 3. The number of thiazole rings is 1. The molecule has 3 heterocycles. The van der Waals surface area contributed by atoms with Gasteiger partial charge in [0.15, 0.2) is 0 Å². The van der Waals surface area contributed by atoms with Crippen LogP contribution in [0, 0.1) is 12.8 Å². The van der Waals surface area contributed by atoms with Gasteiger partial charge in [0, 0.05) is 31.6 Å². The molecule has 1 aromatic heterocycles. The first-order valence-electron chi connectivity index (χ1n) is 8.19. The molecule has 0 radical (unpaired) electrons. The summed E-state index contributed by atoms with van der Waals surface area (Å²) in [6.45, 7) is 5.79. The van der Waals surface area contributed by atoms with E-state index in [9.17, 15) is 9.59 Å². The number of carbonyl (C=O) groups is 2. The first-order valence-corrected chi connectivity index (χ1v) is 9.07. The molecule has 0 N–H and O–H groups in total. The summed E-state index contributed by atoms with van der Waals surface area (Å²) in [6, 6.07) is 0. The normalized spacial score (nSPS) is 22.2. The van der Waals surface area contributed by atoms with Gasteiger partial charge in [-0.05, 0) is 19.8 Å². The van der Waals surface area contributed by atoms with E-state index in [1.54, 1.807) is 11.3 Å². The molecule has 2 saturated heterocycles. The summed E-state index contributed by atoms with van der Waals surface area (Å²) < 4.78 is 5.30. The maximum Gasteiger partial charge on any atom is 0.228 e. The molecule has 126 valence electrons. The second-order valence-electron chi connectivity index (χ2n) is 6.15. The third-order valence-electron chi connectivity index (χ3n) is 4.45. The Morgan fingerprint density at radius 2 is 2.09 bits per heavy atom. The lowest BCUT2D eigenvalue weighted by atomic mass is 9.96. The third kappa shape index (κ3) is 4.09. The van der Waals surface area contributed by atoms with Crippen molar-refractivity contribution in [2.75, 3.05) is 39.4 Å². The molecule has 1 aromatic rings. The molecule has 6 nitrogen and oxygen atoms in total. The van der Waals surface area contributed by atoms with E-state index < -0.39 is 0 Å². The molecular weight excluding hydrogens is 314 g/mol. The van der Waals surface area contributed by atoms with E-state index in [-0.39, 0.29) is 17.7 Å². The zero-order chi connectivity index (χ0) is 16.2. The van der Waals surface area contributed by atoms with E-state index in [1.807, 2.05) is 22.1 Å². The number of likely N-dealkylation sites (tertiary alicyclic amines) is 1. The Morgan fingerprint density at radius 1 is 1.30 bits per heavy atom. The van der Waals surface area contributed by atoms with Gasteiger partial charge in [0.05, 0.1) is 36.3 Å². The van der Waals surface area contributed by atoms with Gasteiger partial charge in [0.1, 0.15) is 0 Å². The van der Waals surface area contributed by atoms with Crippen LogP contribution in [-0.2, 0) is 20.7 Å². The second-order valence-corrected chi connectivity index (χ2v) is 7.21. The number of aryl methyl sites for hydroxylation is 1. The molecular formula is C16H23N3O3S. The van der Waals surface area contributed by atoms with Crippen molar-refractivity contribution in [1.82, 2.24) is 14.8 Å². The fraction of sp³-hybridized carbons (Fsp3) is 0.688. The fourth-order valence-electron chi connectivity index (χ4n) is 3.20. The van der Waals surface area contributed by atoms with Crippen molar-refractivity contribution in [3.05, 3.63) is 16.1 Å². The SMILES string of the molecule is Cc1nc(CC(=O)N2CCCC(C(=O)N3CCOCC3)C2)cs1. The van der Waals surface area contributed by atoms with Crippen molar-refractivity contribution in [1.29, 1.82) is 0 Å². The predicted octanol–water partition coefficient (Wildman–Crippen LogP) is 1.09. The molecule has 7 heteroatoms. The first-order chi connectivity index (χ1) is 11.1. The highest BCUT2D eigenvalue weighted by Gasteiger charge is 2.31. The first kappa shape index (κ1) is 16.4. The lowest BCUT2D eigenvalue weighted by molar-refractivity contribution is -0.143. The maximum absolute atomic E-state index is 12.6. The van der Waals surface area contributed by atoms with Crippen LogP contribution in [0.5, 0.6) is 0 Å². The minimum atomic E-state index is -0.0667. The fourth-order valence-corrected chi connectivity index (χ4v) is 3.82. The largest absolute Gasteiger partial charge is 0.378 e. The van der Waals surface area contributed by atoms with Gasteiger partial charge in [-0.2, -0.15) is 0 Å². The number of piperidine rings is 1. The zero-order valence-electron chi connectivity index (χ0n) is 13.5. The number of hydrogen-bond acceptors (Lipinski definition) is 5. The standard InChI is InChI=1S/C16H23N3O3S/c1-12-17-14(11-23-12)9-15(20)19-4-2-3-13(10-19)16(21)18-5-7-22-8-6-18/h11,13H,2-10H2,1H3. The van der Waals surface area contributed by atoms with Crippen molar-refractivity contribution in [3.63, 3.8) is 0 Å². The molecule has 3 rings (SSSR count). The Balaban J connectivity index is 1.56. The van der Waals surface area contributed by atoms with Crippen molar-refractivity contribution in [3.8, 4) is 0 Å². The van der Waals surface area contributed by atoms with Crippen LogP contribution in [0.2, 0.25) is 0 Å². The average molecular weight is 337 g/mol. The van der Waals surface area contributed by atoms with Gasteiger partial charge < -0.3 is 14.5 Å². The summed E-state index contributed by atoms with van der Waals surface area (Å²) in [7, 11) is 0. The van der Waals surface area contributed by atoms with Crippen LogP contribution in [0.3, 0.4) is 0 Å². The number of nitrogens with zero attached hydrogens (tertiary/aromatic N) is 3. The van der Waals surface area contributed by atoms with E-state index in [0.29, 0.717) is 39.3 Å². The average Bonchev–Trinajstić information content (AvgIpc) is 3.00. The van der Waals surface area contributed by atoms with Crippen molar-refractivity contribution < 1.29 is 14.3 Å². The van der Waals surface area contributed by atoms with Crippen LogP contribution >= 0.6 is 11.3 Å². The number of morpholine rings is 1. The van der Waals surface area contributed by atoms with E-state index in [2.05, 4.69) is 4.98 Å². The summed E-state index contributed by atoms with van der Waals surface area (Å²) in [5, 5.41) is 2.92. The minimum absolute atomic E-state index is 0.0667. The number of amides is 2. The molecule has 1 atom stereocenters. The summed E-state index contributed by atoms with van der Waals surface area (Å²) in [5.41, 5.74) is 0.833. The predicted molar refractivity (Wildman–Crippen MR) is 87.3 cm³/mol. The number of carbonyl (C=O) groups excluding carboxylic acids is 2. The Kier molecular flexibility index (Phi) is 5.27. The van der Waals surface area contributed by atoms with Crippen LogP contribution in [-0.4, -0.2) is 66.0 Å². The van der Waals surface area contributed by atoms with Crippen molar-refractivity contribution >= 4 is 23.2 Å². The van der Waals surface area contributed by atoms with E-state index in [1.165, 1.54) is 0 Å². The van der Waals surface area contributed by atoms with Gasteiger partial charge in [-0.1, -0.05) is 0 Å². The highest BCUT2D eigenvalue weighted by molar-refractivity contribution is 7.09. The van der Waals surface area contributed by atoms with E-state index in [0.717, 1.165) is 30.1 Å². The topological polar surface area (TPSA) is 62.7 Å². The summed E-state index contributed by atoms with van der Waals surface area (Å²) in [5.74, 6) is 0.188. The molecule has 2 fully saturated rings. The van der Waals surface area contributed by atoms with E-state index >= 15 is 0 Å². The van der Waals surface area contributed by atoms with Crippen LogP contribution in [0.15, 0.2) is 5.38 Å². The molecule has 0 bridgehead atoms. The van der Waals surface area contributed by atoms with Gasteiger partial charge in [-0.25, -0.2) is 4.98 Å². The lowest BCUT2D eigenvalue weighted by Gasteiger charge is -2.36. The quantitative estimate of drug-likeness (QED) is 0.828. The highest BCUT2D eigenvalue weighted by Crippen LogP contribution is 2.20. The van der Waals surface area contributed by atoms with Crippen LogP contribution in [0.25, 0.3) is 0 Å². The van der Waals surface area contributed by atoms with Crippen molar-refractivity contribution in [2.24, 2.45) is 5.92 Å². The Bertz CT molecular complexity index is 569. The lowest BCUT2D eigenvalue weighted by Crippen LogP contribution is -2.49. The molecule has 2 aliphatic rings. The number of ether oxygens (including phenoxy) is 1. The van der Waals surface area contributed by atoms with Crippen LogP contribution in [0.4, 0.5) is 0 Å². The number of aromatic nitrogens is 1. The van der Waals surface area contributed by atoms with Gasteiger partial charge in [-0.3, -0.25) is 9.59 Å². The molecule has 2 amide bonds. The van der Waals surface area contributed by atoms with Gasteiger partial charge in [0.25, 0.3) is 0 Å². The van der Waals surface area contributed by atoms with Gasteiger partial charge >= 0.3 is 0 Å². The van der Waals surface area contributed by atoms with Crippen molar-refractivity contribution in [2.45, 2.75) is 26.2 Å². The van der Waals surface area contributed by atoms with Crippen LogP contribution < -0.4 is 0 Å². The summed E-state index contributed by atoms with van der Waals surface area (Å²) in [4.78, 5) is 33.1. The Labute approximate surface area is 140 Å². The molecule has 0 aliphatic carbocycles. The molecule has 1 unspecified atom stereocenters. The highest BCUT2D eigenvalue weighted by atomic mass is 32.1. The van der Waals surface area contributed by atoms with E-state index in [4.69, 9.17) is 4.74 Å². The molecule has 0 saturated carbocycles. The Morgan fingerprint density at radius 3 is 2.78 bits per heavy atom. The monoisotopic (exact) mass is 337 g/mol. The molecule has 23 heavy (non-hydrogen) atoms. The Hall–Kier alpha value is -1.47. The smallest absolute Gasteiger partial charge is 0.228 e. The third-order valence-corrected chi connectivity index (χ3v) is 5.27. The minimum Gasteiger partial charge on any atom is -0.378 e. The zero-order valence-corrected chi connectivity index (χ0v) is 14.3. The van der Waals surface area contributed by atoms with Gasteiger partial charge in [-0.15, -0.1) is 11.3 Å². The summed E-state index contributed by atoms with van der Waals surface area (Å²) in [6.07, 6.45) is 2.10.